The fraction of sp³-hybridized carbons (Fsp3) is 0.308. The highest BCUT2D eigenvalue weighted by molar-refractivity contribution is 5.88. The number of rotatable bonds is 6. The van der Waals surface area contributed by atoms with Crippen molar-refractivity contribution in [2.45, 2.75) is 13.1 Å². The molecule has 106 valence electrons. The standard InChI is InChI=1S/C13H16N4O3/c1-17-11(10(7-16-17)13(18)19)8-14-6-9-4-3-5-15-12(9)20-2/h3-5,7,14H,6,8H2,1-2H3,(H,18,19). The molecule has 0 aliphatic carbocycles. The molecule has 7 nitrogen and oxygen atoms in total. The van der Waals surface area contributed by atoms with Crippen LogP contribution in [0, 0.1) is 0 Å². The Bertz CT molecular complexity index is 609. The number of carboxylic acids is 1. The molecule has 0 fully saturated rings. The Morgan fingerprint density at radius 1 is 1.50 bits per heavy atom. The van der Waals surface area contributed by atoms with Gasteiger partial charge in [-0.2, -0.15) is 5.10 Å². The van der Waals surface area contributed by atoms with E-state index in [2.05, 4.69) is 15.4 Å². The Hall–Kier alpha value is -2.41. The molecule has 0 radical (unpaired) electrons. The lowest BCUT2D eigenvalue weighted by molar-refractivity contribution is 0.0695. The highest BCUT2D eigenvalue weighted by Gasteiger charge is 2.14. The summed E-state index contributed by atoms with van der Waals surface area (Å²) in [7, 11) is 3.28. The molecule has 7 heteroatoms. The lowest BCUT2D eigenvalue weighted by Gasteiger charge is -2.09. The zero-order valence-electron chi connectivity index (χ0n) is 11.3. The van der Waals surface area contributed by atoms with E-state index in [1.807, 2.05) is 12.1 Å². The third kappa shape index (κ3) is 2.94. The summed E-state index contributed by atoms with van der Waals surface area (Å²) in [6, 6.07) is 3.73. The van der Waals surface area contributed by atoms with Crippen molar-refractivity contribution >= 4 is 5.97 Å². The third-order valence-electron chi connectivity index (χ3n) is 2.94. The van der Waals surface area contributed by atoms with Gasteiger partial charge in [-0.1, -0.05) is 6.07 Å². The average molecular weight is 276 g/mol. The van der Waals surface area contributed by atoms with E-state index in [1.165, 1.54) is 6.20 Å². The quantitative estimate of drug-likeness (QED) is 0.811. The van der Waals surface area contributed by atoms with E-state index in [4.69, 9.17) is 9.84 Å². The van der Waals surface area contributed by atoms with Gasteiger partial charge in [-0.3, -0.25) is 4.68 Å². The van der Waals surface area contributed by atoms with E-state index in [0.29, 0.717) is 24.7 Å². The minimum atomic E-state index is -0.978. The third-order valence-corrected chi connectivity index (χ3v) is 2.94. The largest absolute Gasteiger partial charge is 0.481 e. The minimum absolute atomic E-state index is 0.207. The first-order chi connectivity index (χ1) is 9.63. The molecule has 2 aromatic heterocycles. The van der Waals surface area contributed by atoms with Crippen molar-refractivity contribution in [3.63, 3.8) is 0 Å². The van der Waals surface area contributed by atoms with Gasteiger partial charge < -0.3 is 15.2 Å². The average Bonchev–Trinajstić information content (AvgIpc) is 2.81. The molecule has 0 bridgehead atoms. The van der Waals surface area contributed by atoms with Gasteiger partial charge >= 0.3 is 5.97 Å². The Morgan fingerprint density at radius 2 is 2.30 bits per heavy atom. The van der Waals surface area contributed by atoms with E-state index in [0.717, 1.165) is 5.56 Å². The zero-order valence-corrected chi connectivity index (χ0v) is 11.3. The van der Waals surface area contributed by atoms with E-state index in [1.54, 1.807) is 25.0 Å². The Kier molecular flexibility index (Phi) is 4.31. The van der Waals surface area contributed by atoms with Crippen LogP contribution in [0.25, 0.3) is 0 Å². The van der Waals surface area contributed by atoms with E-state index >= 15 is 0 Å². The van der Waals surface area contributed by atoms with Crippen molar-refractivity contribution in [2.75, 3.05) is 7.11 Å². The molecule has 20 heavy (non-hydrogen) atoms. The van der Waals surface area contributed by atoms with Crippen LogP contribution in [0.2, 0.25) is 0 Å². The minimum Gasteiger partial charge on any atom is -0.481 e. The predicted octanol–water partition coefficient (Wildman–Crippen LogP) is 0.812. The number of methoxy groups -OCH3 is 1. The van der Waals surface area contributed by atoms with E-state index in [9.17, 15) is 4.79 Å². The lowest BCUT2D eigenvalue weighted by atomic mass is 10.2. The summed E-state index contributed by atoms with van der Waals surface area (Å²) >= 11 is 0. The molecule has 2 aromatic rings. The molecule has 0 saturated carbocycles. The number of nitrogens with one attached hydrogen (secondary N) is 1. The molecule has 2 N–H and O–H groups in total. The topological polar surface area (TPSA) is 89.3 Å². The molecule has 0 amide bonds. The van der Waals surface area contributed by atoms with Crippen molar-refractivity contribution in [1.29, 1.82) is 0 Å². The summed E-state index contributed by atoms with van der Waals surface area (Å²) in [5, 5.41) is 16.2. The number of hydrogen-bond acceptors (Lipinski definition) is 5. The smallest absolute Gasteiger partial charge is 0.339 e. The number of ether oxygens (including phenoxy) is 1. The van der Waals surface area contributed by atoms with Crippen molar-refractivity contribution in [2.24, 2.45) is 7.05 Å². The van der Waals surface area contributed by atoms with Gasteiger partial charge in [0.2, 0.25) is 5.88 Å². The summed E-state index contributed by atoms with van der Waals surface area (Å²) in [5.74, 6) is -0.419. The molecule has 0 unspecified atom stereocenters. The summed E-state index contributed by atoms with van der Waals surface area (Å²) in [5.41, 5.74) is 1.74. The highest BCUT2D eigenvalue weighted by atomic mass is 16.5. The summed E-state index contributed by atoms with van der Waals surface area (Å²) in [6.07, 6.45) is 3.01. The van der Waals surface area contributed by atoms with Crippen molar-refractivity contribution in [3.8, 4) is 5.88 Å². The van der Waals surface area contributed by atoms with Crippen LogP contribution in [0.4, 0.5) is 0 Å². The number of pyridine rings is 1. The van der Waals surface area contributed by atoms with Crippen LogP contribution in [0.1, 0.15) is 21.6 Å². The number of carbonyl (C=O) groups is 1. The Labute approximate surface area is 116 Å². The first-order valence-corrected chi connectivity index (χ1v) is 6.06. The fourth-order valence-electron chi connectivity index (χ4n) is 1.91. The Morgan fingerprint density at radius 3 is 3.00 bits per heavy atom. The molecule has 0 atom stereocenters. The van der Waals surface area contributed by atoms with Gasteiger partial charge in [0.05, 0.1) is 19.0 Å². The molecular formula is C13H16N4O3. The zero-order chi connectivity index (χ0) is 14.5. The Balaban J connectivity index is 2.03. The molecule has 0 aliphatic heterocycles. The molecule has 0 saturated heterocycles. The molecular weight excluding hydrogens is 260 g/mol. The number of hydrogen-bond donors (Lipinski definition) is 2. The van der Waals surface area contributed by atoms with Crippen LogP contribution >= 0.6 is 0 Å². The van der Waals surface area contributed by atoms with E-state index in [-0.39, 0.29) is 5.56 Å². The highest BCUT2D eigenvalue weighted by Crippen LogP contribution is 2.13. The van der Waals surface area contributed by atoms with Crippen LogP contribution in [0.15, 0.2) is 24.5 Å². The van der Waals surface area contributed by atoms with E-state index < -0.39 is 5.97 Å². The van der Waals surface area contributed by atoms with Crippen LogP contribution in [-0.4, -0.2) is 33.0 Å². The van der Waals surface area contributed by atoms with Gasteiger partial charge in [0.1, 0.15) is 5.56 Å². The number of aromatic carboxylic acids is 1. The van der Waals surface area contributed by atoms with Crippen molar-refractivity contribution < 1.29 is 14.6 Å². The summed E-state index contributed by atoms with van der Waals surface area (Å²) < 4.78 is 6.71. The van der Waals surface area contributed by atoms with Gasteiger partial charge in [-0.15, -0.1) is 0 Å². The second-order valence-corrected chi connectivity index (χ2v) is 4.21. The fourth-order valence-corrected chi connectivity index (χ4v) is 1.91. The number of carboxylic acid groups (broad SMARTS) is 1. The lowest BCUT2D eigenvalue weighted by Crippen LogP contribution is -2.18. The maximum absolute atomic E-state index is 11.1. The monoisotopic (exact) mass is 276 g/mol. The molecule has 0 aliphatic rings. The number of aromatic nitrogens is 3. The summed E-state index contributed by atoms with van der Waals surface area (Å²) in [4.78, 5) is 15.2. The van der Waals surface area contributed by atoms with Gasteiger partial charge in [-0.25, -0.2) is 9.78 Å². The second kappa shape index (κ2) is 6.16. The SMILES string of the molecule is COc1ncccc1CNCc1c(C(=O)O)cnn1C. The maximum atomic E-state index is 11.1. The van der Waals surface area contributed by atoms with Gasteiger partial charge in [-0.05, 0) is 6.07 Å². The number of aryl methyl sites for hydroxylation is 1. The predicted molar refractivity (Wildman–Crippen MR) is 71.5 cm³/mol. The summed E-state index contributed by atoms with van der Waals surface area (Å²) in [6.45, 7) is 0.928. The van der Waals surface area contributed by atoms with Gasteiger partial charge in [0, 0.05) is 31.9 Å². The number of nitrogens with zero attached hydrogens (tertiary/aromatic N) is 3. The van der Waals surface area contributed by atoms with Gasteiger partial charge in [0.25, 0.3) is 0 Å². The second-order valence-electron chi connectivity index (χ2n) is 4.21. The van der Waals surface area contributed by atoms with Crippen LogP contribution in [0.3, 0.4) is 0 Å². The van der Waals surface area contributed by atoms with Crippen LogP contribution in [0.5, 0.6) is 5.88 Å². The van der Waals surface area contributed by atoms with Crippen LogP contribution in [-0.2, 0) is 20.1 Å². The normalized spacial score (nSPS) is 10.5. The first-order valence-electron chi connectivity index (χ1n) is 6.06. The van der Waals surface area contributed by atoms with Crippen LogP contribution < -0.4 is 10.1 Å². The molecule has 2 heterocycles. The first kappa shape index (κ1) is 14.0. The molecule has 0 spiro atoms. The van der Waals surface area contributed by atoms with Crippen molar-refractivity contribution in [1.82, 2.24) is 20.1 Å². The van der Waals surface area contributed by atoms with Gasteiger partial charge in [0.15, 0.2) is 0 Å². The maximum Gasteiger partial charge on any atom is 0.339 e. The molecule has 0 aromatic carbocycles. The molecule has 2 rings (SSSR count). The van der Waals surface area contributed by atoms with Crippen molar-refractivity contribution in [3.05, 3.63) is 41.3 Å².